The Bertz CT molecular complexity index is 1580. The summed E-state index contributed by atoms with van der Waals surface area (Å²) in [5, 5.41) is 18.1. The third-order valence-corrected chi connectivity index (χ3v) is 7.17. The average molecular weight is 661 g/mol. The van der Waals surface area contributed by atoms with Gasteiger partial charge < -0.3 is 29.2 Å². The van der Waals surface area contributed by atoms with Crippen LogP contribution in [0.25, 0.3) is 12.2 Å². The van der Waals surface area contributed by atoms with Crippen LogP contribution in [0.5, 0.6) is 23.0 Å². The third-order valence-electron chi connectivity index (χ3n) is 7.17. The number of carboxylic acids is 2. The van der Waals surface area contributed by atoms with Crippen molar-refractivity contribution in [2.45, 2.75) is 76.4 Å². The SMILES string of the molecule is COc1cc2c(cc1C(C)(C)C)OC(C(=O)O)(C(F)(F)F)C=C2.COc1cc2c(cc1C(C)(C)C)OC(C(F)(F)F)C(C(=O)O)=C2. The van der Waals surface area contributed by atoms with E-state index in [4.69, 9.17) is 29.2 Å². The lowest BCUT2D eigenvalue weighted by molar-refractivity contribution is -0.235. The second-order valence-electron chi connectivity index (χ2n) is 12.6. The molecule has 252 valence electrons. The molecule has 2 heterocycles. The van der Waals surface area contributed by atoms with E-state index < -0.39 is 47.0 Å². The van der Waals surface area contributed by atoms with Crippen molar-refractivity contribution in [1.29, 1.82) is 0 Å². The van der Waals surface area contributed by atoms with Gasteiger partial charge in [-0.25, -0.2) is 9.59 Å². The zero-order valence-electron chi connectivity index (χ0n) is 26.2. The van der Waals surface area contributed by atoms with Gasteiger partial charge in [0, 0.05) is 22.3 Å². The Kier molecular flexibility index (Phi) is 9.50. The summed E-state index contributed by atoms with van der Waals surface area (Å²) in [6, 6.07) is 5.91. The first-order valence-corrected chi connectivity index (χ1v) is 13.7. The number of benzene rings is 2. The fourth-order valence-corrected chi connectivity index (χ4v) is 4.75. The van der Waals surface area contributed by atoms with Crippen LogP contribution in [0.4, 0.5) is 26.3 Å². The number of methoxy groups -OCH3 is 2. The smallest absolute Gasteiger partial charge is 0.443 e. The van der Waals surface area contributed by atoms with Gasteiger partial charge in [-0.05, 0) is 47.2 Å². The molecule has 0 amide bonds. The maximum Gasteiger partial charge on any atom is 0.443 e. The molecule has 2 N–H and O–H groups in total. The van der Waals surface area contributed by atoms with Gasteiger partial charge in [-0.15, -0.1) is 0 Å². The largest absolute Gasteiger partial charge is 0.496 e. The molecule has 0 aromatic heterocycles. The van der Waals surface area contributed by atoms with Crippen LogP contribution in [0.15, 0.2) is 35.9 Å². The molecule has 2 unspecified atom stereocenters. The Morgan fingerprint density at radius 3 is 1.65 bits per heavy atom. The normalized spacial score (nSPS) is 19.3. The van der Waals surface area contributed by atoms with E-state index in [1.165, 1.54) is 38.5 Å². The number of carbonyl (C=O) groups is 2. The van der Waals surface area contributed by atoms with E-state index in [1.54, 1.807) is 0 Å². The summed E-state index contributed by atoms with van der Waals surface area (Å²) in [4.78, 5) is 22.3. The number of fused-ring (bicyclic) bond motifs is 2. The Morgan fingerprint density at radius 1 is 0.783 bits per heavy atom. The minimum absolute atomic E-state index is 0.0111. The van der Waals surface area contributed by atoms with E-state index in [9.17, 15) is 35.9 Å². The van der Waals surface area contributed by atoms with Gasteiger partial charge in [-0.2, -0.15) is 26.3 Å². The molecular weight excluding hydrogens is 626 g/mol. The first-order chi connectivity index (χ1) is 20.9. The number of rotatable bonds is 4. The van der Waals surface area contributed by atoms with E-state index in [1.807, 2.05) is 41.5 Å². The highest BCUT2D eigenvalue weighted by Gasteiger charge is 2.63. The number of hydrogen-bond acceptors (Lipinski definition) is 6. The van der Waals surface area contributed by atoms with Crippen molar-refractivity contribution in [2.75, 3.05) is 14.2 Å². The number of hydrogen-bond donors (Lipinski definition) is 2. The van der Waals surface area contributed by atoms with Gasteiger partial charge in [0.1, 0.15) is 23.0 Å². The van der Waals surface area contributed by atoms with Crippen LogP contribution in [0.2, 0.25) is 0 Å². The second kappa shape index (κ2) is 12.1. The summed E-state index contributed by atoms with van der Waals surface area (Å²) in [7, 11) is 2.91. The lowest BCUT2D eigenvalue weighted by Crippen LogP contribution is -2.56. The first kappa shape index (κ1) is 36.1. The second-order valence-corrected chi connectivity index (χ2v) is 12.6. The van der Waals surface area contributed by atoms with Gasteiger partial charge in [0.25, 0.3) is 0 Å². The summed E-state index contributed by atoms with van der Waals surface area (Å²) in [5.74, 6) is -2.97. The Labute approximate surface area is 261 Å². The van der Waals surface area contributed by atoms with Crippen LogP contribution >= 0.6 is 0 Å². The lowest BCUT2D eigenvalue weighted by Gasteiger charge is -2.34. The molecule has 0 aliphatic carbocycles. The van der Waals surface area contributed by atoms with Crippen LogP contribution in [-0.4, -0.2) is 60.4 Å². The molecule has 0 bridgehead atoms. The molecule has 46 heavy (non-hydrogen) atoms. The molecule has 0 fully saturated rings. The Hall–Kier alpha value is -4.36. The molecule has 0 saturated heterocycles. The topological polar surface area (TPSA) is 112 Å². The number of aliphatic carboxylic acids is 2. The van der Waals surface area contributed by atoms with E-state index in [0.717, 1.165) is 12.2 Å². The lowest BCUT2D eigenvalue weighted by atomic mass is 9.84. The van der Waals surface area contributed by atoms with Crippen LogP contribution in [0.1, 0.15) is 63.8 Å². The predicted octanol–water partition coefficient (Wildman–Crippen LogP) is 7.57. The van der Waals surface area contributed by atoms with Crippen LogP contribution in [0, 0.1) is 0 Å². The Morgan fingerprint density at radius 2 is 1.26 bits per heavy atom. The third kappa shape index (κ3) is 7.05. The van der Waals surface area contributed by atoms with E-state index in [0.29, 0.717) is 34.3 Å². The number of halogens is 6. The molecule has 2 aromatic carbocycles. The molecule has 2 aliphatic rings. The van der Waals surface area contributed by atoms with Crippen molar-refractivity contribution >= 4 is 24.1 Å². The molecular formula is C32H34F6O8. The zero-order valence-corrected chi connectivity index (χ0v) is 26.2. The minimum Gasteiger partial charge on any atom is -0.496 e. The van der Waals surface area contributed by atoms with Crippen molar-refractivity contribution in [3.05, 3.63) is 58.2 Å². The highest BCUT2D eigenvalue weighted by molar-refractivity contribution is 5.95. The van der Waals surface area contributed by atoms with Crippen molar-refractivity contribution < 1.29 is 65.1 Å². The quantitative estimate of drug-likeness (QED) is 0.323. The average Bonchev–Trinajstić information content (AvgIpc) is 2.92. The molecule has 2 aliphatic heterocycles. The van der Waals surface area contributed by atoms with Crippen molar-refractivity contribution in [3.8, 4) is 23.0 Å². The van der Waals surface area contributed by atoms with Crippen molar-refractivity contribution in [1.82, 2.24) is 0 Å². The molecule has 4 rings (SSSR count). The van der Waals surface area contributed by atoms with E-state index >= 15 is 0 Å². The fraction of sp³-hybridized carbons (Fsp3) is 0.438. The Balaban J connectivity index is 0.000000250. The van der Waals surface area contributed by atoms with Gasteiger partial charge in [-0.3, -0.25) is 0 Å². The molecule has 14 heteroatoms. The van der Waals surface area contributed by atoms with Gasteiger partial charge in [0.05, 0.1) is 19.8 Å². The highest BCUT2D eigenvalue weighted by Crippen LogP contribution is 2.46. The molecule has 8 nitrogen and oxygen atoms in total. The minimum atomic E-state index is -5.09. The molecule has 0 saturated carbocycles. The summed E-state index contributed by atoms with van der Waals surface area (Å²) < 4.78 is 99.4. The molecule has 0 spiro atoms. The summed E-state index contributed by atoms with van der Waals surface area (Å²) >= 11 is 0. The van der Waals surface area contributed by atoms with Crippen molar-refractivity contribution in [3.63, 3.8) is 0 Å². The maximum absolute atomic E-state index is 13.2. The summed E-state index contributed by atoms with van der Waals surface area (Å²) in [5.41, 5.74) is -3.17. The van der Waals surface area contributed by atoms with E-state index in [-0.39, 0.29) is 22.5 Å². The highest BCUT2D eigenvalue weighted by atomic mass is 19.4. The van der Waals surface area contributed by atoms with Gasteiger partial charge in [0.2, 0.25) is 6.10 Å². The van der Waals surface area contributed by atoms with Crippen LogP contribution in [0.3, 0.4) is 0 Å². The van der Waals surface area contributed by atoms with Gasteiger partial charge >= 0.3 is 29.9 Å². The first-order valence-electron chi connectivity index (χ1n) is 13.7. The standard InChI is InChI=1S/2C16H17F3O4/c1-15(2,3)10-7-11-8(6-12(10)22-4)5-9(14(20)21)13(23-11)16(17,18)19;1-14(2,3)10-8-11-9(7-12(10)22-4)5-6-15(23-11,13(20)21)16(17,18)19/h5-7,13H,1-4H3,(H,20,21);5-8H,1-4H3,(H,20,21). The molecule has 2 aromatic rings. The van der Waals surface area contributed by atoms with Crippen LogP contribution < -0.4 is 18.9 Å². The van der Waals surface area contributed by atoms with Gasteiger partial charge in [0.15, 0.2) is 0 Å². The summed E-state index contributed by atoms with van der Waals surface area (Å²) in [6.07, 6.45) is -9.82. The maximum atomic E-state index is 13.2. The van der Waals surface area contributed by atoms with Crippen LogP contribution in [-0.2, 0) is 20.4 Å². The van der Waals surface area contributed by atoms with E-state index in [2.05, 4.69) is 0 Å². The monoisotopic (exact) mass is 660 g/mol. The summed E-state index contributed by atoms with van der Waals surface area (Å²) in [6.45, 7) is 11.3. The number of carboxylic acid groups (broad SMARTS) is 2. The zero-order chi connectivity index (χ0) is 35.2. The van der Waals surface area contributed by atoms with Gasteiger partial charge in [-0.1, -0.05) is 47.6 Å². The number of alkyl halides is 6. The predicted molar refractivity (Wildman–Crippen MR) is 156 cm³/mol. The number of ether oxygens (including phenoxy) is 4. The molecule has 0 radical (unpaired) electrons. The van der Waals surface area contributed by atoms with Crippen molar-refractivity contribution in [2.24, 2.45) is 0 Å². The molecule has 2 atom stereocenters. The fourth-order valence-electron chi connectivity index (χ4n) is 4.75.